The van der Waals surface area contributed by atoms with E-state index in [1.54, 1.807) is 10.9 Å². The molecule has 0 bridgehead atoms. The molecule has 0 aliphatic rings. The maximum Gasteiger partial charge on any atom is 0.160 e. The van der Waals surface area contributed by atoms with Gasteiger partial charge in [-0.05, 0) is 28.0 Å². The molecular formula is C14H22BrN3O2Si. The summed E-state index contributed by atoms with van der Waals surface area (Å²) in [6.07, 6.45) is 2.28. The highest BCUT2D eigenvalue weighted by atomic mass is 79.9. The van der Waals surface area contributed by atoms with Crippen molar-refractivity contribution < 1.29 is 9.84 Å². The van der Waals surface area contributed by atoms with Gasteiger partial charge in [0.05, 0.1) is 5.69 Å². The standard InChI is InChI=1S/C14H22BrN3O2Si/c1-21(2,3)7-6-20-10-18-14-12(8-11(15)9-16-14)13(17-18)4-5-19/h8-9,19H,4-7,10H2,1-3H3. The minimum absolute atomic E-state index is 0.0785. The molecule has 5 nitrogen and oxygen atoms in total. The Labute approximate surface area is 134 Å². The molecule has 1 N–H and O–H groups in total. The van der Waals surface area contributed by atoms with E-state index in [-0.39, 0.29) is 6.61 Å². The first-order chi connectivity index (χ1) is 9.90. The Kier molecular flexibility index (Phi) is 5.53. The van der Waals surface area contributed by atoms with Gasteiger partial charge in [-0.25, -0.2) is 9.67 Å². The molecule has 0 saturated heterocycles. The number of fused-ring (bicyclic) bond motifs is 1. The molecule has 0 fully saturated rings. The van der Waals surface area contributed by atoms with Crippen LogP contribution < -0.4 is 0 Å². The number of aliphatic hydroxyl groups is 1. The van der Waals surface area contributed by atoms with Gasteiger partial charge in [0, 0.05) is 43.8 Å². The van der Waals surface area contributed by atoms with Crippen molar-refractivity contribution in [1.29, 1.82) is 0 Å². The first kappa shape index (κ1) is 16.6. The lowest BCUT2D eigenvalue weighted by Gasteiger charge is -2.15. The van der Waals surface area contributed by atoms with Gasteiger partial charge in [-0.2, -0.15) is 5.10 Å². The van der Waals surface area contributed by atoms with E-state index < -0.39 is 8.07 Å². The fraction of sp³-hybridized carbons (Fsp3) is 0.571. The van der Waals surface area contributed by atoms with Crippen molar-refractivity contribution in [2.24, 2.45) is 0 Å². The van der Waals surface area contributed by atoms with Crippen molar-refractivity contribution >= 4 is 35.0 Å². The van der Waals surface area contributed by atoms with Crippen LogP contribution >= 0.6 is 15.9 Å². The molecule has 2 aromatic rings. The van der Waals surface area contributed by atoms with E-state index in [1.807, 2.05) is 6.07 Å². The van der Waals surface area contributed by atoms with E-state index in [0.717, 1.165) is 33.9 Å². The Morgan fingerprint density at radius 3 is 2.81 bits per heavy atom. The number of nitrogens with zero attached hydrogens (tertiary/aromatic N) is 3. The fourth-order valence-electron chi connectivity index (χ4n) is 2.01. The summed E-state index contributed by atoms with van der Waals surface area (Å²) >= 11 is 3.42. The van der Waals surface area contributed by atoms with Crippen LogP contribution in [0.3, 0.4) is 0 Å². The monoisotopic (exact) mass is 371 g/mol. The molecule has 2 aromatic heterocycles. The second kappa shape index (κ2) is 7.00. The van der Waals surface area contributed by atoms with E-state index >= 15 is 0 Å². The number of pyridine rings is 1. The molecule has 116 valence electrons. The molecule has 0 aromatic carbocycles. The minimum Gasteiger partial charge on any atom is -0.396 e. The summed E-state index contributed by atoms with van der Waals surface area (Å²) in [6, 6.07) is 3.12. The molecule has 7 heteroatoms. The van der Waals surface area contributed by atoms with Crippen LogP contribution in [-0.2, 0) is 17.9 Å². The number of aliphatic hydroxyl groups excluding tert-OH is 1. The van der Waals surface area contributed by atoms with Gasteiger partial charge < -0.3 is 9.84 Å². The zero-order valence-electron chi connectivity index (χ0n) is 12.8. The molecule has 0 radical (unpaired) electrons. The Morgan fingerprint density at radius 1 is 1.38 bits per heavy atom. The van der Waals surface area contributed by atoms with Crippen LogP contribution in [0.1, 0.15) is 5.69 Å². The first-order valence-corrected chi connectivity index (χ1v) is 11.6. The highest BCUT2D eigenvalue weighted by molar-refractivity contribution is 9.10. The topological polar surface area (TPSA) is 60.2 Å². The van der Waals surface area contributed by atoms with Gasteiger partial charge in [0.2, 0.25) is 0 Å². The number of halogens is 1. The molecule has 0 aliphatic heterocycles. The number of hydrogen-bond donors (Lipinski definition) is 1. The van der Waals surface area contributed by atoms with Crippen LogP contribution in [0.4, 0.5) is 0 Å². The SMILES string of the molecule is C[Si](C)(C)CCOCn1nc(CCO)c2cc(Br)cnc21. The third kappa shape index (κ3) is 4.60. The average Bonchev–Trinajstić information content (AvgIpc) is 2.72. The maximum absolute atomic E-state index is 9.15. The van der Waals surface area contributed by atoms with Gasteiger partial charge >= 0.3 is 0 Å². The van der Waals surface area contributed by atoms with Crippen LogP contribution in [0.2, 0.25) is 25.7 Å². The molecule has 0 amide bonds. The summed E-state index contributed by atoms with van der Waals surface area (Å²) in [6.45, 7) is 8.23. The zero-order chi connectivity index (χ0) is 15.5. The lowest BCUT2D eigenvalue weighted by Crippen LogP contribution is -2.22. The Bertz CT molecular complexity index is 610. The summed E-state index contributed by atoms with van der Waals surface area (Å²) in [7, 11) is -1.07. The maximum atomic E-state index is 9.15. The van der Waals surface area contributed by atoms with E-state index in [4.69, 9.17) is 9.84 Å². The predicted molar refractivity (Wildman–Crippen MR) is 90.1 cm³/mol. The lowest BCUT2D eigenvalue weighted by molar-refractivity contribution is 0.0809. The molecule has 2 heterocycles. The Balaban J connectivity index is 2.12. The highest BCUT2D eigenvalue weighted by Crippen LogP contribution is 2.21. The fourth-order valence-corrected chi connectivity index (χ4v) is 3.09. The van der Waals surface area contributed by atoms with Crippen molar-refractivity contribution in [1.82, 2.24) is 14.8 Å². The zero-order valence-corrected chi connectivity index (χ0v) is 15.4. The van der Waals surface area contributed by atoms with E-state index in [1.165, 1.54) is 0 Å². The second-order valence-corrected chi connectivity index (χ2v) is 12.8. The quantitative estimate of drug-likeness (QED) is 0.600. The van der Waals surface area contributed by atoms with Crippen molar-refractivity contribution in [3.63, 3.8) is 0 Å². The van der Waals surface area contributed by atoms with Crippen LogP contribution in [0, 0.1) is 0 Å². The Hall–Kier alpha value is -0.763. The Morgan fingerprint density at radius 2 is 2.14 bits per heavy atom. The summed E-state index contributed by atoms with van der Waals surface area (Å²) in [5.41, 5.74) is 1.66. The summed E-state index contributed by atoms with van der Waals surface area (Å²) in [4.78, 5) is 4.41. The minimum atomic E-state index is -1.07. The van der Waals surface area contributed by atoms with Crippen LogP contribution in [0.15, 0.2) is 16.7 Å². The molecule has 0 spiro atoms. The van der Waals surface area contributed by atoms with Crippen LogP contribution in [0.5, 0.6) is 0 Å². The third-order valence-corrected chi connectivity index (χ3v) is 5.33. The van der Waals surface area contributed by atoms with E-state index in [9.17, 15) is 0 Å². The molecule has 0 atom stereocenters. The largest absolute Gasteiger partial charge is 0.396 e. The summed E-state index contributed by atoms with van der Waals surface area (Å²) in [5, 5.41) is 14.6. The van der Waals surface area contributed by atoms with Gasteiger partial charge in [0.1, 0.15) is 6.73 Å². The van der Waals surface area contributed by atoms with Crippen molar-refractivity contribution in [2.75, 3.05) is 13.2 Å². The van der Waals surface area contributed by atoms with Gasteiger partial charge in [-0.3, -0.25) is 0 Å². The van der Waals surface area contributed by atoms with Crippen molar-refractivity contribution in [3.05, 3.63) is 22.4 Å². The molecule has 0 saturated carbocycles. The van der Waals surface area contributed by atoms with E-state index in [2.05, 4.69) is 45.7 Å². The number of rotatable bonds is 7. The van der Waals surface area contributed by atoms with E-state index in [0.29, 0.717) is 13.2 Å². The molecule has 21 heavy (non-hydrogen) atoms. The van der Waals surface area contributed by atoms with Gasteiger partial charge in [0.15, 0.2) is 5.65 Å². The third-order valence-electron chi connectivity index (χ3n) is 3.19. The predicted octanol–water partition coefficient (Wildman–Crippen LogP) is 3.04. The van der Waals surface area contributed by atoms with Crippen LogP contribution in [0.25, 0.3) is 11.0 Å². The smallest absolute Gasteiger partial charge is 0.160 e. The number of aromatic nitrogens is 3. The average molecular weight is 372 g/mol. The molecule has 2 rings (SSSR count). The van der Waals surface area contributed by atoms with Gasteiger partial charge in [-0.15, -0.1) is 0 Å². The lowest BCUT2D eigenvalue weighted by atomic mass is 10.2. The highest BCUT2D eigenvalue weighted by Gasteiger charge is 2.14. The van der Waals surface area contributed by atoms with Gasteiger partial charge in [0.25, 0.3) is 0 Å². The molecule has 0 aliphatic carbocycles. The number of ether oxygens (including phenoxy) is 1. The van der Waals surface area contributed by atoms with Crippen molar-refractivity contribution in [3.8, 4) is 0 Å². The summed E-state index contributed by atoms with van der Waals surface area (Å²) < 4.78 is 8.43. The normalized spacial score (nSPS) is 12.2. The first-order valence-electron chi connectivity index (χ1n) is 7.10. The van der Waals surface area contributed by atoms with Crippen molar-refractivity contribution in [2.45, 2.75) is 38.8 Å². The second-order valence-electron chi connectivity index (χ2n) is 6.29. The molecule has 0 unspecified atom stereocenters. The number of hydrogen-bond acceptors (Lipinski definition) is 4. The summed E-state index contributed by atoms with van der Waals surface area (Å²) in [5.74, 6) is 0. The van der Waals surface area contributed by atoms with Gasteiger partial charge in [-0.1, -0.05) is 19.6 Å². The van der Waals surface area contributed by atoms with Crippen LogP contribution in [-0.4, -0.2) is 41.2 Å². The molecular weight excluding hydrogens is 350 g/mol.